The Bertz CT molecular complexity index is 948. The molecule has 0 atom stereocenters. The van der Waals surface area contributed by atoms with Crippen molar-refractivity contribution in [2.75, 3.05) is 6.54 Å². The summed E-state index contributed by atoms with van der Waals surface area (Å²) in [4.78, 5) is 19.5. The summed E-state index contributed by atoms with van der Waals surface area (Å²) in [6.45, 7) is 4.83. The van der Waals surface area contributed by atoms with Crippen molar-refractivity contribution in [2.24, 2.45) is 5.92 Å². The maximum atomic E-state index is 13.3. The number of carbonyl (C=O) groups excluding carboxylic acids is 1. The van der Waals surface area contributed by atoms with Crippen molar-refractivity contribution in [1.29, 1.82) is 0 Å². The number of alkyl halides is 3. The summed E-state index contributed by atoms with van der Waals surface area (Å²) >= 11 is 1.37. The van der Waals surface area contributed by atoms with Crippen molar-refractivity contribution in [2.45, 2.75) is 33.1 Å². The molecule has 2 aromatic heterocycles. The highest BCUT2D eigenvalue weighted by Gasteiger charge is 2.33. The molecule has 0 radical (unpaired) electrons. The molecule has 0 aliphatic rings. The summed E-state index contributed by atoms with van der Waals surface area (Å²) in [7, 11) is 0. The Morgan fingerprint density at radius 3 is 2.62 bits per heavy atom. The molecule has 3 rings (SSSR count). The molecular weight excluding hydrogens is 399 g/mol. The first-order chi connectivity index (χ1) is 13.8. The predicted molar refractivity (Wildman–Crippen MR) is 107 cm³/mol. The van der Waals surface area contributed by atoms with Gasteiger partial charge in [0.2, 0.25) is 0 Å². The third kappa shape index (κ3) is 5.26. The molecule has 0 spiro atoms. The van der Waals surface area contributed by atoms with Gasteiger partial charge in [-0.1, -0.05) is 38.1 Å². The third-order valence-corrected chi connectivity index (χ3v) is 5.26. The highest BCUT2D eigenvalue weighted by Crippen LogP contribution is 2.32. The molecule has 0 bridgehead atoms. The number of imidazole rings is 1. The van der Waals surface area contributed by atoms with Gasteiger partial charge in [-0.3, -0.25) is 4.79 Å². The van der Waals surface area contributed by atoms with Crippen molar-refractivity contribution >= 4 is 17.2 Å². The fraction of sp³-hybridized carbons (Fsp3) is 0.333. The van der Waals surface area contributed by atoms with E-state index >= 15 is 0 Å². The van der Waals surface area contributed by atoms with E-state index in [0.717, 1.165) is 6.07 Å². The SMILES string of the molecule is CC(C)CN(Cc1nccn1Cc1ccccc1C(F)(F)F)C(=O)c1cccs1. The van der Waals surface area contributed by atoms with Crippen LogP contribution in [-0.2, 0) is 19.3 Å². The molecule has 4 nitrogen and oxygen atoms in total. The lowest BCUT2D eigenvalue weighted by Gasteiger charge is -2.24. The van der Waals surface area contributed by atoms with Gasteiger partial charge in [0, 0.05) is 25.5 Å². The summed E-state index contributed by atoms with van der Waals surface area (Å²) < 4.78 is 41.6. The van der Waals surface area contributed by atoms with Gasteiger partial charge in [0.15, 0.2) is 0 Å². The van der Waals surface area contributed by atoms with Crippen LogP contribution in [0.4, 0.5) is 13.2 Å². The molecule has 0 saturated heterocycles. The molecule has 0 saturated carbocycles. The number of nitrogens with zero attached hydrogens (tertiary/aromatic N) is 3. The number of thiophene rings is 1. The molecular formula is C21H22F3N3OS. The first-order valence-corrected chi connectivity index (χ1v) is 10.1. The van der Waals surface area contributed by atoms with Crippen molar-refractivity contribution in [3.05, 3.63) is 76.0 Å². The van der Waals surface area contributed by atoms with Gasteiger partial charge in [-0.2, -0.15) is 13.2 Å². The first-order valence-electron chi connectivity index (χ1n) is 9.23. The van der Waals surface area contributed by atoms with E-state index in [0.29, 0.717) is 17.2 Å². The highest BCUT2D eigenvalue weighted by atomic mass is 32.1. The monoisotopic (exact) mass is 421 g/mol. The van der Waals surface area contributed by atoms with Gasteiger partial charge in [-0.05, 0) is 29.0 Å². The number of rotatable bonds is 7. The van der Waals surface area contributed by atoms with Crippen LogP contribution in [-0.4, -0.2) is 26.9 Å². The Balaban J connectivity index is 1.85. The lowest BCUT2D eigenvalue weighted by molar-refractivity contribution is -0.138. The Morgan fingerprint density at radius 1 is 1.21 bits per heavy atom. The van der Waals surface area contributed by atoms with Gasteiger partial charge in [-0.15, -0.1) is 11.3 Å². The molecule has 0 aliphatic carbocycles. The van der Waals surface area contributed by atoms with E-state index < -0.39 is 11.7 Å². The van der Waals surface area contributed by atoms with Crippen LogP contribution in [0.5, 0.6) is 0 Å². The molecule has 2 heterocycles. The van der Waals surface area contributed by atoms with E-state index in [1.54, 1.807) is 34.0 Å². The molecule has 154 valence electrons. The van der Waals surface area contributed by atoms with E-state index in [-0.39, 0.29) is 30.5 Å². The van der Waals surface area contributed by atoms with Gasteiger partial charge in [-0.25, -0.2) is 4.98 Å². The molecule has 0 unspecified atom stereocenters. The van der Waals surface area contributed by atoms with E-state index in [1.165, 1.54) is 23.5 Å². The second-order valence-corrected chi connectivity index (χ2v) is 8.13. The largest absolute Gasteiger partial charge is 0.416 e. The summed E-state index contributed by atoms with van der Waals surface area (Å²) in [5.41, 5.74) is -0.493. The summed E-state index contributed by atoms with van der Waals surface area (Å²) in [5.74, 6) is 0.694. The fourth-order valence-corrected chi connectivity index (χ4v) is 3.83. The Kier molecular flexibility index (Phi) is 6.42. The lowest BCUT2D eigenvalue weighted by Crippen LogP contribution is -2.34. The summed E-state index contributed by atoms with van der Waals surface area (Å²) in [6.07, 6.45) is -1.23. The minimum atomic E-state index is -4.42. The number of benzene rings is 1. The number of halogens is 3. The van der Waals surface area contributed by atoms with Crippen LogP contribution >= 0.6 is 11.3 Å². The topological polar surface area (TPSA) is 38.1 Å². The summed E-state index contributed by atoms with van der Waals surface area (Å²) in [5, 5.41) is 1.84. The van der Waals surface area contributed by atoms with Gasteiger partial charge in [0.1, 0.15) is 5.82 Å². The quantitative estimate of drug-likeness (QED) is 0.519. The summed E-state index contributed by atoms with van der Waals surface area (Å²) in [6, 6.07) is 9.11. The van der Waals surface area contributed by atoms with E-state index in [9.17, 15) is 18.0 Å². The minimum absolute atomic E-state index is 0.0354. The van der Waals surface area contributed by atoms with Gasteiger partial charge in [0.05, 0.1) is 17.0 Å². The molecule has 1 aromatic carbocycles. The smallest absolute Gasteiger partial charge is 0.330 e. The second-order valence-electron chi connectivity index (χ2n) is 7.18. The third-order valence-electron chi connectivity index (χ3n) is 4.40. The average molecular weight is 421 g/mol. The van der Waals surface area contributed by atoms with Crippen LogP contribution in [0.3, 0.4) is 0 Å². The Hall–Kier alpha value is -2.61. The van der Waals surface area contributed by atoms with Crippen LogP contribution in [0.2, 0.25) is 0 Å². The maximum absolute atomic E-state index is 13.3. The van der Waals surface area contributed by atoms with Crippen LogP contribution in [0.25, 0.3) is 0 Å². The average Bonchev–Trinajstić information content (AvgIpc) is 3.32. The van der Waals surface area contributed by atoms with Crippen molar-refractivity contribution in [1.82, 2.24) is 14.5 Å². The van der Waals surface area contributed by atoms with E-state index in [2.05, 4.69) is 4.98 Å². The molecule has 1 amide bonds. The van der Waals surface area contributed by atoms with Crippen LogP contribution in [0.1, 0.15) is 40.5 Å². The number of hydrogen-bond acceptors (Lipinski definition) is 3. The second kappa shape index (κ2) is 8.82. The zero-order valence-electron chi connectivity index (χ0n) is 16.2. The zero-order chi connectivity index (χ0) is 21.0. The molecule has 3 aromatic rings. The maximum Gasteiger partial charge on any atom is 0.416 e. The molecule has 29 heavy (non-hydrogen) atoms. The molecule has 0 aliphatic heterocycles. The van der Waals surface area contributed by atoms with Crippen molar-refractivity contribution in [3.8, 4) is 0 Å². The lowest BCUT2D eigenvalue weighted by atomic mass is 10.1. The van der Waals surface area contributed by atoms with Crippen molar-refractivity contribution in [3.63, 3.8) is 0 Å². The predicted octanol–water partition coefficient (Wildman–Crippen LogP) is 5.31. The number of aromatic nitrogens is 2. The Morgan fingerprint density at radius 2 is 1.97 bits per heavy atom. The van der Waals surface area contributed by atoms with Crippen LogP contribution in [0.15, 0.2) is 54.2 Å². The number of carbonyl (C=O) groups is 1. The van der Waals surface area contributed by atoms with Crippen LogP contribution < -0.4 is 0 Å². The normalized spacial score (nSPS) is 11.8. The van der Waals surface area contributed by atoms with E-state index in [1.807, 2.05) is 25.3 Å². The highest BCUT2D eigenvalue weighted by molar-refractivity contribution is 7.12. The number of amides is 1. The molecule has 0 N–H and O–H groups in total. The molecule has 0 fully saturated rings. The zero-order valence-corrected chi connectivity index (χ0v) is 17.0. The molecule has 8 heteroatoms. The standard InChI is InChI=1S/C21H22F3N3OS/c1-15(2)12-27(20(28)18-8-5-11-29-18)14-19-25-9-10-26(19)13-16-6-3-4-7-17(16)21(22,23)24/h3-11,15H,12-14H2,1-2H3. The van der Waals surface area contributed by atoms with E-state index in [4.69, 9.17) is 0 Å². The number of hydrogen-bond donors (Lipinski definition) is 0. The van der Waals surface area contributed by atoms with Crippen LogP contribution in [0, 0.1) is 5.92 Å². The van der Waals surface area contributed by atoms with Crippen molar-refractivity contribution < 1.29 is 18.0 Å². The fourth-order valence-electron chi connectivity index (χ4n) is 3.14. The first kappa shape index (κ1) is 21.1. The van der Waals surface area contributed by atoms with Gasteiger partial charge >= 0.3 is 6.18 Å². The van der Waals surface area contributed by atoms with Gasteiger partial charge in [0.25, 0.3) is 5.91 Å². The van der Waals surface area contributed by atoms with Gasteiger partial charge < -0.3 is 9.47 Å². The Labute approximate surface area is 171 Å². The minimum Gasteiger partial charge on any atom is -0.330 e.